The number of fused-ring (bicyclic) bond motifs is 1. The molecule has 0 aromatic heterocycles. The van der Waals surface area contributed by atoms with Gasteiger partial charge in [0.15, 0.2) is 0 Å². The van der Waals surface area contributed by atoms with E-state index in [1.807, 2.05) is 62.6 Å². The highest BCUT2D eigenvalue weighted by molar-refractivity contribution is 6.10. The van der Waals surface area contributed by atoms with Crippen molar-refractivity contribution in [3.8, 4) is 0 Å². The number of hydrogen-bond donors (Lipinski definition) is 1. The maximum atomic E-state index is 12.5. The number of rotatable bonds is 6. The van der Waals surface area contributed by atoms with Crippen molar-refractivity contribution in [1.82, 2.24) is 15.1 Å². The summed E-state index contributed by atoms with van der Waals surface area (Å²) < 4.78 is 0. The molecule has 0 saturated heterocycles. The minimum Gasteiger partial charge on any atom is -0.353 e. The summed E-state index contributed by atoms with van der Waals surface area (Å²) in [6, 6.07) is 17.4. The fourth-order valence-electron chi connectivity index (χ4n) is 3.19. The van der Waals surface area contributed by atoms with Crippen molar-refractivity contribution in [3.63, 3.8) is 0 Å². The fourth-order valence-corrected chi connectivity index (χ4v) is 3.19. The van der Waals surface area contributed by atoms with Gasteiger partial charge in [-0.3, -0.25) is 14.5 Å². The van der Waals surface area contributed by atoms with Gasteiger partial charge in [0, 0.05) is 23.4 Å². The maximum absolute atomic E-state index is 12.5. The highest BCUT2D eigenvalue weighted by Gasteiger charge is 2.31. The molecule has 0 saturated carbocycles. The minimum atomic E-state index is -0.199. The van der Waals surface area contributed by atoms with E-state index in [9.17, 15) is 9.59 Å². The quantitative estimate of drug-likeness (QED) is 0.872. The molecule has 1 aliphatic heterocycles. The van der Waals surface area contributed by atoms with Crippen LogP contribution in [0, 0.1) is 0 Å². The number of nitrogens with zero attached hydrogens (tertiary/aromatic N) is 2. The lowest BCUT2D eigenvalue weighted by Crippen LogP contribution is -2.40. The van der Waals surface area contributed by atoms with Crippen molar-refractivity contribution in [3.05, 3.63) is 77.9 Å². The number of amides is 2. The summed E-state index contributed by atoms with van der Waals surface area (Å²) in [5.41, 5.74) is 3.10. The Morgan fingerprint density at radius 2 is 1.69 bits per heavy atom. The van der Waals surface area contributed by atoms with Crippen LogP contribution in [-0.2, 0) is 4.79 Å². The molecule has 26 heavy (non-hydrogen) atoms. The second-order valence-electron chi connectivity index (χ2n) is 6.58. The van der Waals surface area contributed by atoms with E-state index >= 15 is 0 Å². The van der Waals surface area contributed by atoms with Gasteiger partial charge in [0.2, 0.25) is 5.91 Å². The van der Waals surface area contributed by atoms with Crippen molar-refractivity contribution < 1.29 is 9.59 Å². The molecular formula is C21H23N3O2. The third kappa shape index (κ3) is 3.53. The highest BCUT2D eigenvalue weighted by atomic mass is 16.2. The molecule has 1 unspecified atom stereocenters. The first-order valence-electron chi connectivity index (χ1n) is 8.57. The smallest absolute Gasteiger partial charge is 0.259 e. The number of hydrogen-bond acceptors (Lipinski definition) is 3. The van der Waals surface area contributed by atoms with Gasteiger partial charge in [-0.25, -0.2) is 0 Å². The minimum absolute atomic E-state index is 0.0265. The van der Waals surface area contributed by atoms with Gasteiger partial charge >= 0.3 is 0 Å². The molecule has 3 rings (SSSR count). The normalized spacial score (nSPS) is 14.5. The molecule has 1 atom stereocenters. The van der Waals surface area contributed by atoms with Gasteiger partial charge in [-0.1, -0.05) is 55.1 Å². The molecule has 1 heterocycles. The molecule has 0 fully saturated rings. The van der Waals surface area contributed by atoms with Gasteiger partial charge in [-0.05, 0) is 25.7 Å². The molecule has 0 aliphatic carbocycles. The van der Waals surface area contributed by atoms with Crippen LogP contribution in [0.4, 0.5) is 0 Å². The average molecular weight is 349 g/mol. The van der Waals surface area contributed by atoms with Gasteiger partial charge in [0.25, 0.3) is 5.91 Å². The van der Waals surface area contributed by atoms with Crippen LogP contribution in [-0.4, -0.2) is 48.8 Å². The summed E-state index contributed by atoms with van der Waals surface area (Å²) in [7, 11) is 3.96. The Morgan fingerprint density at radius 3 is 2.31 bits per heavy atom. The van der Waals surface area contributed by atoms with Crippen molar-refractivity contribution in [2.75, 3.05) is 27.2 Å². The van der Waals surface area contributed by atoms with Gasteiger partial charge in [-0.2, -0.15) is 0 Å². The van der Waals surface area contributed by atoms with Crippen molar-refractivity contribution in [1.29, 1.82) is 0 Å². The molecular weight excluding hydrogens is 326 g/mol. The van der Waals surface area contributed by atoms with E-state index in [0.29, 0.717) is 17.8 Å². The van der Waals surface area contributed by atoms with Crippen molar-refractivity contribution >= 4 is 17.5 Å². The summed E-state index contributed by atoms with van der Waals surface area (Å²) in [6.07, 6.45) is 0. The predicted octanol–water partition coefficient (Wildman–Crippen LogP) is 2.53. The monoisotopic (exact) mass is 349 g/mol. The second-order valence-corrected chi connectivity index (χ2v) is 6.58. The highest BCUT2D eigenvalue weighted by Crippen LogP contribution is 2.30. The van der Waals surface area contributed by atoms with E-state index in [0.717, 1.165) is 11.1 Å². The predicted molar refractivity (Wildman–Crippen MR) is 102 cm³/mol. The molecule has 5 nitrogen and oxygen atoms in total. The van der Waals surface area contributed by atoms with Crippen LogP contribution < -0.4 is 5.32 Å². The van der Waals surface area contributed by atoms with E-state index in [4.69, 9.17) is 0 Å². The zero-order valence-electron chi connectivity index (χ0n) is 15.1. The third-order valence-electron chi connectivity index (χ3n) is 4.64. The Hall–Kier alpha value is -2.92. The molecule has 2 aromatic carbocycles. The lowest BCUT2D eigenvalue weighted by atomic mass is 10.1. The van der Waals surface area contributed by atoms with E-state index in [2.05, 4.69) is 16.8 Å². The van der Waals surface area contributed by atoms with Crippen molar-refractivity contribution in [2.45, 2.75) is 6.04 Å². The zero-order valence-corrected chi connectivity index (χ0v) is 15.1. The summed E-state index contributed by atoms with van der Waals surface area (Å²) in [6.45, 7) is 4.41. The van der Waals surface area contributed by atoms with E-state index in [-0.39, 0.29) is 24.4 Å². The summed E-state index contributed by atoms with van der Waals surface area (Å²) >= 11 is 0. The summed E-state index contributed by atoms with van der Waals surface area (Å²) in [5, 5.41) is 2.94. The molecule has 2 amide bonds. The molecule has 0 radical (unpaired) electrons. The first-order chi connectivity index (χ1) is 12.5. The maximum Gasteiger partial charge on any atom is 0.259 e. The number of carbonyl (C=O) groups excluding carboxylic acids is 2. The Kier molecular flexibility index (Phi) is 5.19. The number of nitrogens with one attached hydrogen (secondary N) is 1. The topological polar surface area (TPSA) is 52.7 Å². The van der Waals surface area contributed by atoms with Crippen LogP contribution >= 0.6 is 0 Å². The van der Waals surface area contributed by atoms with Crippen LogP contribution in [0.3, 0.4) is 0 Å². The molecule has 1 aliphatic rings. The second kappa shape index (κ2) is 7.54. The Morgan fingerprint density at radius 1 is 1.08 bits per heavy atom. The first kappa shape index (κ1) is 17.9. The molecule has 5 heteroatoms. The van der Waals surface area contributed by atoms with Crippen LogP contribution in [0.25, 0.3) is 5.70 Å². The first-order valence-corrected chi connectivity index (χ1v) is 8.57. The lowest BCUT2D eigenvalue weighted by molar-refractivity contribution is -0.121. The van der Waals surface area contributed by atoms with Crippen LogP contribution in [0.2, 0.25) is 0 Å². The summed E-state index contributed by atoms with van der Waals surface area (Å²) in [5.74, 6) is -0.372. The van der Waals surface area contributed by atoms with Crippen LogP contribution in [0.5, 0.6) is 0 Å². The van der Waals surface area contributed by atoms with Gasteiger partial charge < -0.3 is 10.2 Å². The molecule has 1 N–H and O–H groups in total. The number of benzene rings is 2. The van der Waals surface area contributed by atoms with Crippen molar-refractivity contribution in [2.24, 2.45) is 0 Å². The summed E-state index contributed by atoms with van der Waals surface area (Å²) in [4.78, 5) is 28.4. The molecule has 2 aromatic rings. The van der Waals surface area contributed by atoms with E-state index in [1.165, 1.54) is 4.90 Å². The average Bonchev–Trinajstić information content (AvgIpc) is 2.88. The Bertz CT molecular complexity index is 795. The van der Waals surface area contributed by atoms with Crippen LogP contribution in [0.15, 0.2) is 61.2 Å². The van der Waals surface area contributed by atoms with Gasteiger partial charge in [0.1, 0.15) is 6.54 Å². The largest absolute Gasteiger partial charge is 0.353 e. The SMILES string of the molecule is C=C1c2ccccc2C(=O)N1CC(=O)NCC(c1ccccc1)N(C)C. The zero-order chi connectivity index (χ0) is 18.7. The molecule has 0 spiro atoms. The van der Waals surface area contributed by atoms with Crippen LogP contribution in [0.1, 0.15) is 27.5 Å². The Balaban J connectivity index is 1.63. The van der Waals surface area contributed by atoms with Gasteiger partial charge in [-0.15, -0.1) is 0 Å². The molecule has 134 valence electrons. The Labute approximate surface area is 153 Å². The fraction of sp³-hybridized carbons (Fsp3) is 0.238. The van der Waals surface area contributed by atoms with Gasteiger partial charge in [0.05, 0.1) is 6.04 Å². The number of carbonyl (C=O) groups is 2. The third-order valence-corrected chi connectivity index (χ3v) is 4.64. The molecule has 0 bridgehead atoms. The number of likely N-dealkylation sites (N-methyl/N-ethyl adjacent to an activating group) is 1. The standard InChI is InChI=1S/C21H23N3O2/c1-15-17-11-7-8-12-18(17)21(26)24(15)14-20(25)22-13-19(23(2)3)16-9-5-4-6-10-16/h4-12,19H,1,13-14H2,2-3H3,(H,22,25). The van der Waals surface area contributed by atoms with E-state index in [1.54, 1.807) is 6.07 Å². The lowest BCUT2D eigenvalue weighted by Gasteiger charge is -2.25. The van der Waals surface area contributed by atoms with E-state index < -0.39 is 0 Å².